The summed E-state index contributed by atoms with van der Waals surface area (Å²) in [6.07, 6.45) is 9.13. The molecule has 2 amide bonds. The number of aliphatic imine (C=N–C) groups is 1. The Bertz CT molecular complexity index is 2030. The second kappa shape index (κ2) is 15.8. The molecule has 1 saturated heterocycles. The van der Waals surface area contributed by atoms with Crippen LogP contribution in [0.5, 0.6) is 11.5 Å². The molecule has 0 bridgehead atoms. The number of nitrogens with one attached hydrogen (secondary N) is 2. The van der Waals surface area contributed by atoms with E-state index >= 15 is 0 Å². The fourth-order valence-corrected chi connectivity index (χ4v) is 6.83. The number of ether oxygens (including phenoxy) is 2. The Hall–Kier alpha value is -5.15. The number of amidine groups is 1. The van der Waals surface area contributed by atoms with E-state index in [2.05, 4.69) is 37.6 Å². The quantitative estimate of drug-likeness (QED) is 0.0799. The van der Waals surface area contributed by atoms with E-state index in [1.165, 1.54) is 6.42 Å². The number of allylic oxidation sites excluding steroid dienone is 1. The van der Waals surface area contributed by atoms with Crippen LogP contribution in [0.4, 0.5) is 16.4 Å². The van der Waals surface area contributed by atoms with Crippen LogP contribution in [0, 0.1) is 0 Å². The zero-order valence-electron chi connectivity index (χ0n) is 29.0. The Kier molecular flexibility index (Phi) is 11.1. The first-order valence-corrected chi connectivity index (χ1v) is 18.9. The summed E-state index contributed by atoms with van der Waals surface area (Å²) >= 11 is 0. The third-order valence-corrected chi connectivity index (χ3v) is 9.35. The average Bonchev–Trinajstić information content (AvgIpc) is 3.50. The van der Waals surface area contributed by atoms with Gasteiger partial charge in [0.2, 0.25) is 5.95 Å². The van der Waals surface area contributed by atoms with E-state index in [1.807, 2.05) is 47.0 Å². The fourth-order valence-electron chi connectivity index (χ4n) is 6.46. The van der Waals surface area contributed by atoms with Crippen LogP contribution in [0.2, 0.25) is 0 Å². The molecule has 4 N–H and O–H groups in total. The fraction of sp³-hybridized carbons (Fsp3) is 0.389. The number of carbonyl (C=O) groups is 1. The summed E-state index contributed by atoms with van der Waals surface area (Å²) < 4.78 is 41.3. The molecule has 0 spiro atoms. The summed E-state index contributed by atoms with van der Waals surface area (Å²) in [6, 6.07) is 18.4. The Morgan fingerprint density at radius 2 is 1.84 bits per heavy atom. The monoisotopic (exact) mass is 716 g/mol. The van der Waals surface area contributed by atoms with Crippen molar-refractivity contribution in [2.24, 2.45) is 10.7 Å². The molecule has 51 heavy (non-hydrogen) atoms. The van der Waals surface area contributed by atoms with Gasteiger partial charge in [0.1, 0.15) is 36.7 Å². The van der Waals surface area contributed by atoms with Crippen LogP contribution < -0.4 is 30.7 Å². The average molecular weight is 717 g/mol. The Morgan fingerprint density at radius 3 is 2.63 bits per heavy atom. The highest BCUT2D eigenvalue weighted by Crippen LogP contribution is 2.39. The predicted octanol–water partition coefficient (Wildman–Crippen LogP) is 5.31. The van der Waals surface area contributed by atoms with Gasteiger partial charge in [-0.2, -0.15) is 8.42 Å². The molecule has 1 aliphatic carbocycles. The maximum Gasteiger partial charge on any atom is 0.320 e. The first-order valence-electron chi connectivity index (χ1n) is 17.1. The van der Waals surface area contributed by atoms with Gasteiger partial charge in [-0.1, -0.05) is 30.3 Å². The van der Waals surface area contributed by atoms with Crippen molar-refractivity contribution in [3.63, 3.8) is 0 Å². The molecule has 3 heterocycles. The van der Waals surface area contributed by atoms with Gasteiger partial charge in [0.05, 0.1) is 24.2 Å². The van der Waals surface area contributed by atoms with Crippen molar-refractivity contribution >= 4 is 39.3 Å². The predicted molar refractivity (Wildman–Crippen MR) is 195 cm³/mol. The van der Waals surface area contributed by atoms with Gasteiger partial charge in [-0.3, -0.25) is 13.9 Å². The number of anilines is 1. The van der Waals surface area contributed by atoms with Gasteiger partial charge in [0.25, 0.3) is 10.1 Å². The first-order chi connectivity index (χ1) is 24.5. The number of urea groups is 1. The molecule has 2 aromatic carbocycles. The molecule has 0 saturated carbocycles. The van der Waals surface area contributed by atoms with Crippen molar-refractivity contribution < 1.29 is 26.9 Å². The maximum atomic E-state index is 13.4. The van der Waals surface area contributed by atoms with E-state index in [-0.39, 0.29) is 31.2 Å². The third-order valence-electron chi connectivity index (χ3n) is 8.76. The second-order valence-corrected chi connectivity index (χ2v) is 14.5. The minimum Gasteiger partial charge on any atom is -0.491 e. The molecule has 6 rings (SSSR count). The van der Waals surface area contributed by atoms with E-state index < -0.39 is 16.1 Å². The molecule has 1 aliphatic heterocycles. The zero-order valence-corrected chi connectivity index (χ0v) is 29.8. The first kappa shape index (κ1) is 35.7. The van der Waals surface area contributed by atoms with Crippen LogP contribution in [0.3, 0.4) is 0 Å². The highest BCUT2D eigenvalue weighted by Gasteiger charge is 2.30. The number of rotatable bonds is 11. The maximum absolute atomic E-state index is 13.4. The Morgan fingerprint density at radius 1 is 1.02 bits per heavy atom. The number of aromatic nitrogens is 3. The second-order valence-electron chi connectivity index (χ2n) is 12.9. The van der Waals surface area contributed by atoms with E-state index in [9.17, 15) is 13.2 Å². The number of benzene rings is 2. The van der Waals surface area contributed by atoms with Gasteiger partial charge in [-0.25, -0.2) is 9.79 Å². The number of carbonyl (C=O) groups excluding carboxylic acids is 1. The molecular weight excluding hydrogens is 673 g/mol. The lowest BCUT2D eigenvalue weighted by Crippen LogP contribution is -2.42. The number of hydrogen-bond acceptors (Lipinski definition) is 11. The lowest BCUT2D eigenvalue weighted by molar-refractivity contribution is 0.171. The largest absolute Gasteiger partial charge is 0.491 e. The number of hydrogen-bond donors (Lipinski definition) is 3. The highest BCUT2D eigenvalue weighted by atomic mass is 32.2. The van der Waals surface area contributed by atoms with Crippen LogP contribution in [0.15, 0.2) is 83.6 Å². The summed E-state index contributed by atoms with van der Waals surface area (Å²) in [7, 11) is -3.56. The van der Waals surface area contributed by atoms with Crippen molar-refractivity contribution in [1.29, 1.82) is 0 Å². The molecule has 0 radical (unpaired) electrons. The van der Waals surface area contributed by atoms with Crippen molar-refractivity contribution in [3.8, 4) is 11.5 Å². The third kappa shape index (κ3) is 9.35. The lowest BCUT2D eigenvalue weighted by atomic mass is 9.85. The normalized spacial score (nSPS) is 19.7. The van der Waals surface area contributed by atoms with Crippen molar-refractivity contribution in [1.82, 2.24) is 25.2 Å². The summed E-state index contributed by atoms with van der Waals surface area (Å²) in [5, 5.41) is 14.8. The molecular formula is C36H44N8O6S. The van der Waals surface area contributed by atoms with Crippen LogP contribution in [-0.2, 0) is 14.3 Å². The number of pyridine rings is 1. The molecule has 3 atom stereocenters. The van der Waals surface area contributed by atoms with Gasteiger partial charge < -0.3 is 25.4 Å². The molecule has 0 unspecified atom stereocenters. The molecule has 2 aliphatic rings. The van der Waals surface area contributed by atoms with E-state index in [0.717, 1.165) is 54.1 Å². The number of amides is 2. The van der Waals surface area contributed by atoms with Gasteiger partial charge in [0, 0.05) is 24.4 Å². The van der Waals surface area contributed by atoms with Crippen LogP contribution in [-0.4, -0.2) is 66.9 Å². The van der Waals surface area contributed by atoms with Crippen molar-refractivity contribution in [3.05, 3.63) is 89.8 Å². The van der Waals surface area contributed by atoms with Gasteiger partial charge in [-0.05, 0) is 87.4 Å². The topological polar surface area (TPSA) is 175 Å². The molecule has 2 aromatic heterocycles. The number of fused-ring (bicyclic) bond motifs is 2. The van der Waals surface area contributed by atoms with E-state index in [1.54, 1.807) is 37.3 Å². The summed E-state index contributed by atoms with van der Waals surface area (Å²) in [6.45, 7) is 4.79. The Balaban J connectivity index is 1.13. The molecule has 270 valence electrons. The Labute approximate surface area is 297 Å². The van der Waals surface area contributed by atoms with E-state index in [4.69, 9.17) is 19.4 Å². The van der Waals surface area contributed by atoms with Crippen molar-refractivity contribution in [2.45, 2.75) is 64.1 Å². The summed E-state index contributed by atoms with van der Waals surface area (Å²) in [5.74, 6) is 2.25. The van der Waals surface area contributed by atoms with Gasteiger partial charge >= 0.3 is 6.03 Å². The smallest absolute Gasteiger partial charge is 0.320 e. The van der Waals surface area contributed by atoms with E-state index in [0.29, 0.717) is 36.0 Å². The molecule has 1 fully saturated rings. The van der Waals surface area contributed by atoms with Crippen molar-refractivity contribution in [2.75, 3.05) is 30.9 Å². The minimum absolute atomic E-state index is 0.0284. The van der Waals surface area contributed by atoms with Crippen LogP contribution >= 0.6 is 0 Å². The summed E-state index contributed by atoms with van der Waals surface area (Å²) in [5.41, 5.74) is 9.67. The van der Waals surface area contributed by atoms with Crippen LogP contribution in [0.25, 0.3) is 5.65 Å². The highest BCUT2D eigenvalue weighted by molar-refractivity contribution is 7.85. The standard InChI is InChI=1S/C36H44N8O6S/c1-24(37)21-33(38-26-10-8-11-27(22-26)48-19-20-49-51(3,46)47)40-35(45)39-31-15-16-32(30-13-5-4-12-29(30)31)50-28-14-17-34-41-42-36(44(34)23-28)43-18-7-6-9-25(43)2/h4-5,8,10-14,17,21-23,25,31-32H,6-7,9,15-16,18-20,37H2,1-3H3,(H2,38,39,40,45)/t25-,31-,32+/m0/s1. The molecule has 15 heteroatoms. The minimum atomic E-state index is -3.56. The number of nitrogens with zero attached hydrogens (tertiary/aromatic N) is 5. The zero-order chi connectivity index (χ0) is 36.0. The van der Waals surface area contributed by atoms with Gasteiger partial charge in [0.15, 0.2) is 5.65 Å². The van der Waals surface area contributed by atoms with Gasteiger partial charge in [-0.15, -0.1) is 10.2 Å². The number of nitrogens with two attached hydrogens (primary N) is 1. The SMILES string of the molecule is CC(N)=CC(=Nc1cccc(OCCOS(C)(=O)=O)c1)NC(=O)N[C@H]1CC[C@@H](Oc2ccc3nnc(N4CCCC[C@@H]4C)n3c2)c2ccccc21. The lowest BCUT2D eigenvalue weighted by Gasteiger charge is -2.33. The molecule has 14 nitrogen and oxygen atoms in total. The summed E-state index contributed by atoms with van der Waals surface area (Å²) in [4.78, 5) is 20.3. The number of piperidine rings is 1. The van der Waals surface area contributed by atoms with Crippen LogP contribution in [0.1, 0.15) is 69.2 Å². The molecule has 4 aromatic rings.